The van der Waals surface area contributed by atoms with Crippen molar-refractivity contribution in [2.45, 2.75) is 341 Å². The van der Waals surface area contributed by atoms with Crippen molar-refractivity contribution in [1.29, 1.82) is 0 Å². The van der Waals surface area contributed by atoms with E-state index in [4.69, 9.17) is 37.0 Å². The van der Waals surface area contributed by atoms with E-state index in [0.29, 0.717) is 25.7 Å². The van der Waals surface area contributed by atoms with E-state index in [-0.39, 0.29) is 25.7 Å². The van der Waals surface area contributed by atoms with Gasteiger partial charge < -0.3 is 33.8 Å². The van der Waals surface area contributed by atoms with E-state index in [1.807, 2.05) is 0 Å². The summed E-state index contributed by atoms with van der Waals surface area (Å²) in [4.78, 5) is 72.7. The van der Waals surface area contributed by atoms with Crippen LogP contribution >= 0.6 is 15.6 Å². The summed E-state index contributed by atoms with van der Waals surface area (Å²) in [6, 6.07) is 0. The normalized spacial score (nSPS) is 14.4. The van der Waals surface area contributed by atoms with Crippen molar-refractivity contribution >= 4 is 39.5 Å². The first-order chi connectivity index (χ1) is 45.7. The zero-order valence-electron chi connectivity index (χ0n) is 59.4. The van der Waals surface area contributed by atoms with Crippen LogP contribution in [-0.4, -0.2) is 96.7 Å². The molecule has 19 heteroatoms. The second-order valence-electron chi connectivity index (χ2n) is 24.9. The van der Waals surface area contributed by atoms with Gasteiger partial charge in [0.05, 0.1) is 26.4 Å². The van der Waals surface area contributed by atoms with Crippen LogP contribution in [-0.2, 0) is 65.4 Å². The van der Waals surface area contributed by atoms with Gasteiger partial charge in [0.1, 0.15) is 19.3 Å². The molecule has 0 aromatic rings. The number of unbranched alkanes of at least 4 members (excludes halogenated alkanes) is 32. The van der Waals surface area contributed by atoms with Crippen LogP contribution in [0.25, 0.3) is 0 Å². The number of aliphatic hydroxyl groups is 1. The van der Waals surface area contributed by atoms with Crippen LogP contribution < -0.4 is 0 Å². The van der Waals surface area contributed by atoms with Gasteiger partial charge in [-0.1, -0.05) is 261 Å². The molecule has 0 saturated heterocycles. The molecule has 0 aromatic heterocycles. The average molecular weight is 1370 g/mol. The molecule has 0 spiro atoms. The molecule has 0 rings (SSSR count). The van der Waals surface area contributed by atoms with Gasteiger partial charge in [-0.2, -0.15) is 0 Å². The Morgan fingerprint density at radius 2 is 0.543 bits per heavy atom. The Hall–Kier alpha value is -3.50. The number of hydrogen-bond acceptors (Lipinski definition) is 15. The Kier molecular flexibility index (Phi) is 65.5. The number of phosphoric ester groups is 2. The van der Waals surface area contributed by atoms with Crippen molar-refractivity contribution in [3.8, 4) is 0 Å². The molecule has 0 bridgehead atoms. The lowest BCUT2D eigenvalue weighted by Crippen LogP contribution is -2.30. The number of ether oxygens (including phenoxy) is 4. The highest BCUT2D eigenvalue weighted by Crippen LogP contribution is 2.45. The largest absolute Gasteiger partial charge is 0.472 e. The fourth-order valence-corrected chi connectivity index (χ4v) is 11.5. The lowest BCUT2D eigenvalue weighted by Gasteiger charge is -2.21. The van der Waals surface area contributed by atoms with Gasteiger partial charge in [-0.15, -0.1) is 0 Å². The first-order valence-corrected chi connectivity index (χ1v) is 40.2. The molecular formula is C75H134O17P2. The highest BCUT2D eigenvalue weighted by Gasteiger charge is 2.30. The summed E-state index contributed by atoms with van der Waals surface area (Å²) >= 11 is 0. The van der Waals surface area contributed by atoms with E-state index in [0.717, 1.165) is 173 Å². The average Bonchev–Trinajstić information content (AvgIpc) is 2.45. The number of esters is 4. The summed E-state index contributed by atoms with van der Waals surface area (Å²) in [6.45, 7) is 4.70. The molecule has 0 heterocycles. The molecule has 0 aliphatic rings. The minimum Gasteiger partial charge on any atom is -0.462 e. The van der Waals surface area contributed by atoms with Crippen LogP contribution in [0.1, 0.15) is 323 Å². The van der Waals surface area contributed by atoms with Crippen molar-refractivity contribution in [2.24, 2.45) is 0 Å². The molecule has 0 radical (unpaired) electrons. The summed E-state index contributed by atoms with van der Waals surface area (Å²) in [7, 11) is -9.94. The van der Waals surface area contributed by atoms with Crippen LogP contribution in [0.4, 0.5) is 0 Å². The molecule has 5 atom stereocenters. The molecule has 5 unspecified atom stereocenters. The summed E-state index contributed by atoms with van der Waals surface area (Å²) in [5.41, 5.74) is 0. The van der Waals surface area contributed by atoms with Crippen LogP contribution in [0.2, 0.25) is 0 Å². The van der Waals surface area contributed by atoms with Crippen molar-refractivity contribution in [2.75, 3.05) is 39.6 Å². The predicted octanol–water partition coefficient (Wildman–Crippen LogP) is 20.9. The number of hydrogen-bond donors (Lipinski definition) is 3. The molecule has 0 fully saturated rings. The second-order valence-corrected chi connectivity index (χ2v) is 27.8. The van der Waals surface area contributed by atoms with E-state index in [1.54, 1.807) is 0 Å². The predicted molar refractivity (Wildman–Crippen MR) is 381 cm³/mol. The molecule has 0 aromatic carbocycles. The second kappa shape index (κ2) is 68.0. The standard InChI is InChI=1S/C75H134O17P2/c1-5-9-13-17-21-25-29-33-34-38-40-44-48-52-56-60-73(78)86-66-71(92-75(80)62-58-54-50-46-42-37-32-28-24-20-16-12-8-4)68-90-94(83,84)88-64-69(76)63-87-93(81,82)89-67-70(91-74(79)61-57-53-49-45-41-36-31-27-23-19-15-11-7-3)65-85-72(77)59-55-51-47-43-39-35-30-26-22-18-14-10-6-2/h14,16,18,20-21,25-26,28,30,32-34,69-71,76H,5-13,15,17,19,22-24,27,29,31,35-68H2,1-4H3,(H,81,82)(H,83,84)/b18-14-,20-16-,25-21-,30-26-,32-28-,34-33-. The number of carbonyl (C=O) groups is 4. The highest BCUT2D eigenvalue weighted by molar-refractivity contribution is 7.47. The van der Waals surface area contributed by atoms with Gasteiger partial charge in [0.25, 0.3) is 0 Å². The van der Waals surface area contributed by atoms with Gasteiger partial charge in [-0.05, 0) is 109 Å². The summed E-state index contributed by atoms with van der Waals surface area (Å²) in [5.74, 6) is -2.20. The molecule has 0 aliphatic carbocycles. The van der Waals surface area contributed by atoms with Crippen molar-refractivity contribution in [3.63, 3.8) is 0 Å². The molecule has 3 N–H and O–H groups in total. The topological polar surface area (TPSA) is 237 Å². The maximum atomic E-state index is 13.0. The molecule has 94 heavy (non-hydrogen) atoms. The Balaban J connectivity index is 5.34. The third-order valence-corrected chi connectivity index (χ3v) is 17.5. The first-order valence-electron chi connectivity index (χ1n) is 37.2. The van der Waals surface area contributed by atoms with Crippen molar-refractivity contribution < 1.29 is 80.2 Å². The van der Waals surface area contributed by atoms with E-state index in [9.17, 15) is 43.2 Å². The van der Waals surface area contributed by atoms with Crippen molar-refractivity contribution in [1.82, 2.24) is 0 Å². The number of allylic oxidation sites excluding steroid dienone is 12. The van der Waals surface area contributed by atoms with Gasteiger partial charge in [0.2, 0.25) is 0 Å². The molecule has 0 amide bonds. The zero-order valence-corrected chi connectivity index (χ0v) is 61.2. The van der Waals surface area contributed by atoms with E-state index in [2.05, 4.69) is 101 Å². The van der Waals surface area contributed by atoms with Crippen LogP contribution in [0.5, 0.6) is 0 Å². The van der Waals surface area contributed by atoms with Crippen LogP contribution in [0.15, 0.2) is 72.9 Å². The lowest BCUT2D eigenvalue weighted by atomic mass is 10.0. The number of carbonyl (C=O) groups excluding carboxylic acids is 4. The van der Waals surface area contributed by atoms with E-state index >= 15 is 0 Å². The molecule has 17 nitrogen and oxygen atoms in total. The van der Waals surface area contributed by atoms with Crippen LogP contribution in [0.3, 0.4) is 0 Å². The summed E-state index contributed by atoms with van der Waals surface area (Å²) in [5, 5.41) is 10.6. The first kappa shape index (κ1) is 90.5. The molecular weight excluding hydrogens is 1230 g/mol. The quantitative estimate of drug-likeness (QED) is 0.0169. The Morgan fingerprint density at radius 1 is 0.298 bits per heavy atom. The van der Waals surface area contributed by atoms with E-state index < -0.39 is 97.5 Å². The minimum atomic E-state index is -4.97. The third kappa shape index (κ3) is 67.1. The molecule has 546 valence electrons. The number of aliphatic hydroxyl groups excluding tert-OH is 1. The van der Waals surface area contributed by atoms with Gasteiger partial charge in [0, 0.05) is 25.7 Å². The monoisotopic (exact) mass is 1370 g/mol. The summed E-state index contributed by atoms with van der Waals surface area (Å²) in [6.07, 6.45) is 66.1. The summed E-state index contributed by atoms with van der Waals surface area (Å²) < 4.78 is 68.3. The van der Waals surface area contributed by atoms with E-state index in [1.165, 1.54) is 70.6 Å². The Bertz CT molecular complexity index is 2070. The Labute approximate surface area is 571 Å². The zero-order chi connectivity index (χ0) is 69.0. The van der Waals surface area contributed by atoms with Gasteiger partial charge in [-0.25, -0.2) is 9.13 Å². The molecule has 0 saturated carbocycles. The minimum absolute atomic E-state index is 0.0776. The SMILES string of the molecule is CCC/C=C\C/C=C\CCCCCCCC(=O)OCC(COP(=O)(O)OCC(O)COP(=O)(O)OCC(COC(=O)CCCCCCC/C=C\C/C=C\CCCCC)OC(=O)CCCCCCC/C=C\C/C=C\CCC)OC(=O)CCCCCCCCCCCCCCC. The fraction of sp³-hybridized carbons (Fsp3) is 0.787. The maximum absolute atomic E-state index is 13.0. The third-order valence-electron chi connectivity index (χ3n) is 15.6. The number of phosphoric acid groups is 2. The highest BCUT2D eigenvalue weighted by atomic mass is 31.2. The fourth-order valence-electron chi connectivity index (χ4n) is 9.91. The lowest BCUT2D eigenvalue weighted by molar-refractivity contribution is -0.161. The maximum Gasteiger partial charge on any atom is 0.472 e. The van der Waals surface area contributed by atoms with Gasteiger partial charge in [-0.3, -0.25) is 37.3 Å². The van der Waals surface area contributed by atoms with Crippen LogP contribution in [0, 0.1) is 0 Å². The number of rotatable bonds is 70. The smallest absolute Gasteiger partial charge is 0.462 e. The van der Waals surface area contributed by atoms with Gasteiger partial charge >= 0.3 is 39.5 Å². The Morgan fingerprint density at radius 3 is 0.851 bits per heavy atom. The van der Waals surface area contributed by atoms with Gasteiger partial charge in [0.15, 0.2) is 12.2 Å². The molecule has 0 aliphatic heterocycles. The van der Waals surface area contributed by atoms with Crippen molar-refractivity contribution in [3.05, 3.63) is 72.9 Å².